The lowest BCUT2D eigenvalue weighted by atomic mass is 10.1. The molecule has 1 fully saturated rings. The van der Waals surface area contributed by atoms with Crippen LogP contribution in [0.5, 0.6) is 0 Å². The van der Waals surface area contributed by atoms with Gasteiger partial charge in [0.1, 0.15) is 5.25 Å². The van der Waals surface area contributed by atoms with Crippen molar-refractivity contribution in [3.63, 3.8) is 0 Å². The summed E-state index contributed by atoms with van der Waals surface area (Å²) in [6.45, 7) is 4.00. The first kappa shape index (κ1) is 20.7. The predicted octanol–water partition coefficient (Wildman–Crippen LogP) is 5.20. The fraction of sp³-hybridized carbons (Fsp3) is 0.250. The van der Waals surface area contributed by atoms with Crippen LogP contribution in [0, 0.1) is 13.8 Å². The minimum absolute atomic E-state index is 0.0586. The van der Waals surface area contributed by atoms with E-state index in [1.165, 1.54) is 16.7 Å². The average Bonchev–Trinajstić information content (AvgIpc) is 2.90. The summed E-state index contributed by atoms with van der Waals surface area (Å²) in [6.07, 6.45) is 0.0586. The Morgan fingerprint density at radius 1 is 1.21 bits per heavy atom. The summed E-state index contributed by atoms with van der Waals surface area (Å²) in [4.78, 5) is 30.8. The molecule has 1 saturated heterocycles. The summed E-state index contributed by atoms with van der Waals surface area (Å²) in [5.41, 5.74) is 3.45. The van der Waals surface area contributed by atoms with Crippen LogP contribution < -0.4 is 5.32 Å². The van der Waals surface area contributed by atoms with Gasteiger partial charge in [-0.05, 0) is 49.2 Å². The lowest BCUT2D eigenvalue weighted by Gasteiger charge is -2.10. The van der Waals surface area contributed by atoms with Crippen molar-refractivity contribution in [1.29, 1.82) is 0 Å². The number of nitrogens with zero attached hydrogens (tertiary/aromatic N) is 2. The highest BCUT2D eigenvalue weighted by molar-refractivity contribution is 8.15. The Balaban J connectivity index is 1.70. The summed E-state index contributed by atoms with van der Waals surface area (Å²) in [5.74, 6) is -0.387. The third-order valence-electron chi connectivity index (χ3n) is 4.45. The van der Waals surface area contributed by atoms with Crippen LogP contribution in [0.3, 0.4) is 0 Å². The normalized spacial score (nSPS) is 18.0. The summed E-state index contributed by atoms with van der Waals surface area (Å²) in [7, 11) is 1.63. The number of amidine groups is 1. The minimum Gasteiger partial charge on any atom is -0.326 e. The van der Waals surface area contributed by atoms with Crippen LogP contribution in [-0.2, 0) is 9.59 Å². The van der Waals surface area contributed by atoms with E-state index in [2.05, 4.69) is 10.3 Å². The van der Waals surface area contributed by atoms with Crippen molar-refractivity contribution in [1.82, 2.24) is 4.90 Å². The number of aryl methyl sites for hydroxylation is 2. The Labute approximate surface area is 178 Å². The minimum atomic E-state index is -0.534. The molecule has 5 nitrogen and oxygen atoms in total. The van der Waals surface area contributed by atoms with E-state index >= 15 is 0 Å². The van der Waals surface area contributed by atoms with E-state index in [4.69, 9.17) is 23.2 Å². The fourth-order valence-electron chi connectivity index (χ4n) is 2.68. The van der Waals surface area contributed by atoms with E-state index < -0.39 is 5.25 Å². The van der Waals surface area contributed by atoms with Gasteiger partial charge in [-0.3, -0.25) is 14.5 Å². The first-order valence-corrected chi connectivity index (χ1v) is 10.2. The van der Waals surface area contributed by atoms with Gasteiger partial charge >= 0.3 is 0 Å². The van der Waals surface area contributed by atoms with Crippen LogP contribution in [0.2, 0.25) is 10.0 Å². The molecule has 0 radical (unpaired) electrons. The van der Waals surface area contributed by atoms with Crippen molar-refractivity contribution in [2.24, 2.45) is 4.99 Å². The van der Waals surface area contributed by atoms with Gasteiger partial charge in [0.15, 0.2) is 5.17 Å². The van der Waals surface area contributed by atoms with E-state index in [0.717, 1.165) is 16.8 Å². The first-order valence-electron chi connectivity index (χ1n) is 8.60. The number of rotatable bonds is 4. The van der Waals surface area contributed by atoms with E-state index in [0.29, 0.717) is 20.9 Å². The van der Waals surface area contributed by atoms with Crippen molar-refractivity contribution in [2.45, 2.75) is 25.5 Å². The van der Waals surface area contributed by atoms with E-state index in [1.54, 1.807) is 25.2 Å². The molecule has 1 aliphatic heterocycles. The second kappa shape index (κ2) is 8.55. The van der Waals surface area contributed by atoms with Crippen LogP contribution in [-0.4, -0.2) is 34.2 Å². The molecule has 146 valence electrons. The maximum atomic E-state index is 12.5. The number of carbonyl (C=O) groups is 2. The second-order valence-electron chi connectivity index (χ2n) is 6.52. The smallest absolute Gasteiger partial charge is 0.242 e. The van der Waals surface area contributed by atoms with Gasteiger partial charge in [-0.25, -0.2) is 4.99 Å². The molecule has 1 aliphatic rings. The van der Waals surface area contributed by atoms with Gasteiger partial charge in [-0.15, -0.1) is 0 Å². The van der Waals surface area contributed by atoms with Crippen molar-refractivity contribution < 1.29 is 9.59 Å². The number of carbonyl (C=O) groups excluding carboxylic acids is 2. The SMILES string of the molecule is Cc1ccc(NC(=O)C[C@H]2SC(=Nc3cccc(Cl)c3Cl)N(C)C2=O)cc1C. The third-order valence-corrected chi connectivity index (χ3v) is 6.49. The first-order chi connectivity index (χ1) is 13.3. The molecule has 2 aromatic carbocycles. The van der Waals surface area contributed by atoms with E-state index in [-0.39, 0.29) is 18.2 Å². The van der Waals surface area contributed by atoms with Gasteiger partial charge < -0.3 is 5.32 Å². The van der Waals surface area contributed by atoms with Crippen molar-refractivity contribution in [2.75, 3.05) is 12.4 Å². The lowest BCUT2D eigenvalue weighted by molar-refractivity contribution is -0.127. The zero-order chi connectivity index (χ0) is 20.4. The van der Waals surface area contributed by atoms with Crippen molar-refractivity contribution >= 4 is 63.3 Å². The van der Waals surface area contributed by atoms with Crippen LogP contribution >= 0.6 is 35.0 Å². The molecule has 1 N–H and O–H groups in total. The topological polar surface area (TPSA) is 61.8 Å². The zero-order valence-corrected chi connectivity index (χ0v) is 18.0. The number of benzene rings is 2. The molecule has 3 rings (SSSR count). The molecule has 0 unspecified atom stereocenters. The predicted molar refractivity (Wildman–Crippen MR) is 117 cm³/mol. The second-order valence-corrected chi connectivity index (χ2v) is 8.48. The van der Waals surface area contributed by atoms with Gasteiger partial charge in [0.2, 0.25) is 11.8 Å². The Morgan fingerprint density at radius 2 is 1.96 bits per heavy atom. The Morgan fingerprint density at radius 3 is 2.68 bits per heavy atom. The zero-order valence-electron chi connectivity index (χ0n) is 15.6. The number of hydrogen-bond donors (Lipinski definition) is 1. The number of amides is 2. The average molecular weight is 436 g/mol. The molecule has 0 aliphatic carbocycles. The number of halogens is 2. The van der Waals surface area contributed by atoms with E-state index in [9.17, 15) is 9.59 Å². The highest BCUT2D eigenvalue weighted by Crippen LogP contribution is 2.35. The molecule has 0 saturated carbocycles. The number of anilines is 1. The van der Waals surface area contributed by atoms with Gasteiger partial charge in [0.05, 0.1) is 15.7 Å². The van der Waals surface area contributed by atoms with Crippen LogP contribution in [0.15, 0.2) is 41.4 Å². The monoisotopic (exact) mass is 435 g/mol. The Hall–Kier alpha value is -2.02. The summed E-state index contributed by atoms with van der Waals surface area (Å²) in [6, 6.07) is 10.8. The number of nitrogens with one attached hydrogen (secondary N) is 1. The Kier molecular flexibility index (Phi) is 6.33. The molecule has 8 heteroatoms. The molecular formula is C20H19Cl2N3O2S. The molecule has 28 heavy (non-hydrogen) atoms. The third kappa shape index (κ3) is 4.51. The van der Waals surface area contributed by atoms with E-state index in [1.807, 2.05) is 32.0 Å². The van der Waals surface area contributed by atoms with Crippen LogP contribution in [0.1, 0.15) is 17.5 Å². The molecule has 2 amide bonds. The number of hydrogen-bond acceptors (Lipinski definition) is 4. The summed E-state index contributed by atoms with van der Waals surface area (Å²) < 4.78 is 0. The van der Waals surface area contributed by atoms with Crippen LogP contribution in [0.25, 0.3) is 0 Å². The lowest BCUT2D eigenvalue weighted by Crippen LogP contribution is -2.30. The maximum Gasteiger partial charge on any atom is 0.242 e. The van der Waals surface area contributed by atoms with Crippen molar-refractivity contribution in [3.05, 3.63) is 57.6 Å². The highest BCUT2D eigenvalue weighted by atomic mass is 35.5. The molecular weight excluding hydrogens is 417 g/mol. The molecule has 0 bridgehead atoms. The summed E-state index contributed by atoms with van der Waals surface area (Å²) >= 11 is 13.4. The largest absolute Gasteiger partial charge is 0.326 e. The van der Waals surface area contributed by atoms with Gasteiger partial charge in [0, 0.05) is 19.2 Å². The molecule has 0 aromatic heterocycles. The molecule has 2 aromatic rings. The fourth-order valence-corrected chi connectivity index (χ4v) is 4.16. The quantitative estimate of drug-likeness (QED) is 0.717. The summed E-state index contributed by atoms with van der Waals surface area (Å²) in [5, 5.41) is 3.52. The van der Waals surface area contributed by atoms with Crippen molar-refractivity contribution in [3.8, 4) is 0 Å². The Bertz CT molecular complexity index is 978. The molecule has 1 atom stereocenters. The number of aliphatic imine (C=N–C) groups is 1. The standard InChI is InChI=1S/C20H19Cl2N3O2S/c1-11-7-8-13(9-12(11)2)23-17(26)10-16-19(27)25(3)20(28-16)24-15-6-4-5-14(21)18(15)22/h4-9,16H,10H2,1-3H3,(H,23,26)/t16-/m1/s1. The van der Waals surface area contributed by atoms with Gasteiger partial charge in [-0.2, -0.15) is 0 Å². The van der Waals surface area contributed by atoms with Gasteiger partial charge in [-0.1, -0.05) is 47.1 Å². The van der Waals surface area contributed by atoms with Crippen LogP contribution in [0.4, 0.5) is 11.4 Å². The molecule has 1 heterocycles. The van der Waals surface area contributed by atoms with Gasteiger partial charge in [0.25, 0.3) is 0 Å². The maximum absolute atomic E-state index is 12.5. The highest BCUT2D eigenvalue weighted by Gasteiger charge is 2.37. The number of thioether (sulfide) groups is 1. The molecule has 0 spiro atoms.